The molecule has 0 radical (unpaired) electrons. The van der Waals surface area contributed by atoms with Crippen molar-refractivity contribution in [2.24, 2.45) is 5.73 Å². The number of carbonyl (C=O) groups excluding carboxylic acids is 1. The largest absolute Gasteiger partial charge is 0.378 e. The number of primary amides is 1. The number of nitrogens with zero attached hydrogens (tertiary/aromatic N) is 1. The molecule has 0 saturated heterocycles. The van der Waals surface area contributed by atoms with Crippen molar-refractivity contribution in [3.63, 3.8) is 0 Å². The van der Waals surface area contributed by atoms with Gasteiger partial charge in [-0.05, 0) is 18.2 Å². The smallest absolute Gasteiger partial charge is 0.250 e. The number of halogens is 1. The zero-order valence-electron chi connectivity index (χ0n) is 7.54. The normalized spacial score (nSPS) is 9.77. The topological polar surface area (TPSA) is 46.3 Å². The summed E-state index contributed by atoms with van der Waals surface area (Å²) in [6.45, 7) is 0. The average molecular weight is 199 g/mol. The van der Waals surface area contributed by atoms with Crippen molar-refractivity contribution in [2.45, 2.75) is 0 Å². The minimum atomic E-state index is -0.506. The Labute approximate surface area is 82.1 Å². The molecule has 0 bridgehead atoms. The van der Waals surface area contributed by atoms with E-state index in [-0.39, 0.29) is 0 Å². The summed E-state index contributed by atoms with van der Waals surface area (Å²) < 4.78 is 0. The first-order valence-electron chi connectivity index (χ1n) is 3.79. The van der Waals surface area contributed by atoms with Gasteiger partial charge in [-0.1, -0.05) is 11.6 Å². The van der Waals surface area contributed by atoms with E-state index in [0.29, 0.717) is 10.6 Å². The third kappa shape index (κ3) is 2.12. The Kier molecular flexibility index (Phi) is 2.78. The Bertz CT molecular complexity index is 336. The lowest BCUT2D eigenvalue weighted by Gasteiger charge is -2.13. The van der Waals surface area contributed by atoms with Crippen molar-refractivity contribution in [1.82, 2.24) is 0 Å². The number of benzene rings is 1. The molecule has 0 saturated carbocycles. The van der Waals surface area contributed by atoms with Crippen LogP contribution in [0.2, 0.25) is 5.02 Å². The van der Waals surface area contributed by atoms with Crippen molar-refractivity contribution in [3.05, 3.63) is 28.8 Å². The molecule has 0 aliphatic rings. The fraction of sp³-hybridized carbons (Fsp3) is 0.222. The Hall–Kier alpha value is -1.22. The Morgan fingerprint density at radius 3 is 2.54 bits per heavy atom. The van der Waals surface area contributed by atoms with Gasteiger partial charge in [0.25, 0.3) is 0 Å². The molecule has 13 heavy (non-hydrogen) atoms. The van der Waals surface area contributed by atoms with Crippen molar-refractivity contribution >= 4 is 23.2 Å². The molecule has 0 heterocycles. The molecular weight excluding hydrogens is 188 g/mol. The first-order valence-corrected chi connectivity index (χ1v) is 4.17. The number of carbonyl (C=O) groups is 1. The van der Waals surface area contributed by atoms with Gasteiger partial charge in [0.15, 0.2) is 0 Å². The van der Waals surface area contributed by atoms with E-state index in [1.165, 1.54) is 0 Å². The number of nitrogens with two attached hydrogens (primary N) is 1. The molecule has 0 aliphatic heterocycles. The van der Waals surface area contributed by atoms with Crippen LogP contribution in [0.5, 0.6) is 0 Å². The standard InChI is InChI=1S/C9H11ClN2O/c1-12(2)6-3-4-8(10)7(5-6)9(11)13/h3-5H,1-2H3,(H2,11,13). The Morgan fingerprint density at radius 2 is 2.08 bits per heavy atom. The van der Waals surface area contributed by atoms with E-state index < -0.39 is 5.91 Å². The molecule has 3 nitrogen and oxygen atoms in total. The van der Waals surface area contributed by atoms with Crippen LogP contribution in [0.15, 0.2) is 18.2 Å². The predicted octanol–water partition coefficient (Wildman–Crippen LogP) is 1.50. The third-order valence-electron chi connectivity index (χ3n) is 1.73. The maximum absolute atomic E-state index is 10.9. The van der Waals surface area contributed by atoms with E-state index in [1.54, 1.807) is 12.1 Å². The minimum absolute atomic E-state index is 0.355. The van der Waals surface area contributed by atoms with Gasteiger partial charge in [0, 0.05) is 19.8 Å². The SMILES string of the molecule is CN(C)c1ccc(Cl)c(C(N)=O)c1. The number of anilines is 1. The summed E-state index contributed by atoms with van der Waals surface area (Å²) in [4.78, 5) is 12.8. The molecule has 0 unspecified atom stereocenters. The van der Waals surface area contributed by atoms with Gasteiger partial charge in [0.1, 0.15) is 0 Å². The van der Waals surface area contributed by atoms with E-state index >= 15 is 0 Å². The van der Waals surface area contributed by atoms with Crippen molar-refractivity contribution in [1.29, 1.82) is 0 Å². The molecule has 70 valence electrons. The summed E-state index contributed by atoms with van der Waals surface area (Å²) in [5.41, 5.74) is 6.40. The second kappa shape index (κ2) is 3.66. The van der Waals surface area contributed by atoms with Crippen LogP contribution in [0.25, 0.3) is 0 Å². The molecule has 1 amide bonds. The van der Waals surface area contributed by atoms with Crippen molar-refractivity contribution in [3.8, 4) is 0 Å². The molecule has 4 heteroatoms. The van der Waals surface area contributed by atoms with Gasteiger partial charge in [-0.25, -0.2) is 0 Å². The maximum atomic E-state index is 10.9. The fourth-order valence-corrected chi connectivity index (χ4v) is 1.19. The van der Waals surface area contributed by atoms with Gasteiger partial charge in [0.2, 0.25) is 5.91 Å². The van der Waals surface area contributed by atoms with Gasteiger partial charge in [-0.15, -0.1) is 0 Å². The third-order valence-corrected chi connectivity index (χ3v) is 2.06. The summed E-state index contributed by atoms with van der Waals surface area (Å²) in [6, 6.07) is 5.16. The van der Waals surface area contributed by atoms with Gasteiger partial charge < -0.3 is 10.6 Å². The highest BCUT2D eigenvalue weighted by molar-refractivity contribution is 6.33. The van der Waals surface area contributed by atoms with Gasteiger partial charge in [-0.2, -0.15) is 0 Å². The van der Waals surface area contributed by atoms with Crippen LogP contribution in [-0.2, 0) is 0 Å². The number of hydrogen-bond acceptors (Lipinski definition) is 2. The van der Waals surface area contributed by atoms with E-state index in [1.807, 2.05) is 25.1 Å². The first-order chi connectivity index (χ1) is 6.02. The van der Waals surface area contributed by atoms with E-state index in [4.69, 9.17) is 17.3 Å². The average Bonchev–Trinajstić information content (AvgIpc) is 2.04. The molecule has 2 N–H and O–H groups in total. The summed E-state index contributed by atoms with van der Waals surface area (Å²) in [6.07, 6.45) is 0. The monoisotopic (exact) mass is 198 g/mol. The second-order valence-electron chi connectivity index (χ2n) is 2.92. The molecule has 1 aromatic rings. The van der Waals surface area contributed by atoms with E-state index in [0.717, 1.165) is 5.69 Å². The van der Waals surface area contributed by atoms with Crippen molar-refractivity contribution in [2.75, 3.05) is 19.0 Å². The highest BCUT2D eigenvalue weighted by atomic mass is 35.5. The van der Waals surface area contributed by atoms with E-state index in [9.17, 15) is 4.79 Å². The van der Waals surface area contributed by atoms with E-state index in [2.05, 4.69) is 0 Å². The van der Waals surface area contributed by atoms with Crippen LogP contribution in [-0.4, -0.2) is 20.0 Å². The highest BCUT2D eigenvalue weighted by Gasteiger charge is 2.07. The lowest BCUT2D eigenvalue weighted by molar-refractivity contribution is 0.100. The predicted molar refractivity (Wildman–Crippen MR) is 54.3 cm³/mol. The molecule has 1 aromatic carbocycles. The highest BCUT2D eigenvalue weighted by Crippen LogP contribution is 2.21. The molecular formula is C9H11ClN2O. The summed E-state index contributed by atoms with van der Waals surface area (Å²) >= 11 is 5.78. The quantitative estimate of drug-likeness (QED) is 0.783. The maximum Gasteiger partial charge on any atom is 0.250 e. The first kappa shape index (κ1) is 9.86. The van der Waals surface area contributed by atoms with Crippen LogP contribution < -0.4 is 10.6 Å². The van der Waals surface area contributed by atoms with Crippen LogP contribution >= 0.6 is 11.6 Å². The molecule has 0 atom stereocenters. The van der Waals surface area contributed by atoms with Crippen LogP contribution in [0, 0.1) is 0 Å². The molecule has 0 aliphatic carbocycles. The van der Waals surface area contributed by atoms with Gasteiger partial charge in [-0.3, -0.25) is 4.79 Å². The van der Waals surface area contributed by atoms with Crippen molar-refractivity contribution < 1.29 is 4.79 Å². The summed E-state index contributed by atoms with van der Waals surface area (Å²) in [5, 5.41) is 0.387. The number of rotatable bonds is 2. The van der Waals surface area contributed by atoms with Crippen LogP contribution in [0.4, 0.5) is 5.69 Å². The second-order valence-corrected chi connectivity index (χ2v) is 3.33. The molecule has 0 aromatic heterocycles. The lowest BCUT2D eigenvalue weighted by atomic mass is 10.2. The number of hydrogen-bond donors (Lipinski definition) is 1. The van der Waals surface area contributed by atoms with Gasteiger partial charge in [0.05, 0.1) is 10.6 Å². The minimum Gasteiger partial charge on any atom is -0.378 e. The number of amides is 1. The summed E-state index contributed by atoms with van der Waals surface area (Å²) in [7, 11) is 3.77. The lowest BCUT2D eigenvalue weighted by Crippen LogP contribution is -2.14. The van der Waals surface area contributed by atoms with Crippen LogP contribution in [0.3, 0.4) is 0 Å². The zero-order chi connectivity index (χ0) is 10.0. The fourth-order valence-electron chi connectivity index (χ4n) is 0.980. The van der Waals surface area contributed by atoms with Gasteiger partial charge >= 0.3 is 0 Å². The zero-order valence-corrected chi connectivity index (χ0v) is 8.30. The molecule has 0 spiro atoms. The Balaban J connectivity index is 3.19. The van der Waals surface area contributed by atoms with Crippen LogP contribution in [0.1, 0.15) is 10.4 Å². The molecule has 1 rings (SSSR count). The summed E-state index contributed by atoms with van der Waals surface area (Å²) in [5.74, 6) is -0.506. The molecule has 0 fully saturated rings. The Morgan fingerprint density at radius 1 is 1.46 bits per heavy atom.